The van der Waals surface area contributed by atoms with E-state index < -0.39 is 0 Å². The second-order valence-corrected chi connectivity index (χ2v) is 4.85. The van der Waals surface area contributed by atoms with E-state index in [-0.39, 0.29) is 0 Å². The van der Waals surface area contributed by atoms with E-state index in [9.17, 15) is 0 Å². The quantitative estimate of drug-likeness (QED) is 0.748. The van der Waals surface area contributed by atoms with Crippen LogP contribution in [0.1, 0.15) is 6.42 Å². The normalized spacial score (nSPS) is 10.1. The van der Waals surface area contributed by atoms with Gasteiger partial charge in [-0.1, -0.05) is 29.8 Å². The van der Waals surface area contributed by atoms with Crippen LogP contribution in [-0.2, 0) is 0 Å². The summed E-state index contributed by atoms with van der Waals surface area (Å²) >= 11 is 5.93. The molecular weight excluding hydrogens is 272 g/mol. The number of para-hydroxylation sites is 2. The van der Waals surface area contributed by atoms with Crippen molar-refractivity contribution in [1.82, 2.24) is 0 Å². The zero-order valence-corrected chi connectivity index (χ0v) is 12.3. The van der Waals surface area contributed by atoms with Crippen LogP contribution >= 0.6 is 11.6 Å². The summed E-state index contributed by atoms with van der Waals surface area (Å²) in [6.07, 6.45) is 1.00. The first kappa shape index (κ1) is 14.5. The van der Waals surface area contributed by atoms with Crippen molar-refractivity contribution in [2.75, 3.05) is 30.8 Å². The second kappa shape index (κ2) is 7.65. The maximum atomic E-state index is 5.93. The lowest BCUT2D eigenvalue weighted by Gasteiger charge is -2.11. The molecule has 0 saturated carbocycles. The first-order chi connectivity index (χ1) is 9.79. The summed E-state index contributed by atoms with van der Waals surface area (Å²) in [5, 5.41) is 7.47. The van der Waals surface area contributed by atoms with Crippen molar-refractivity contribution < 1.29 is 4.74 Å². The van der Waals surface area contributed by atoms with Gasteiger partial charge in [-0.05, 0) is 36.8 Å². The number of ether oxygens (including phenoxy) is 1. The topological polar surface area (TPSA) is 33.3 Å². The SMILES string of the molecule is COc1ccccc1NCCCNc1cccc(Cl)c1. The maximum absolute atomic E-state index is 5.93. The molecule has 2 aromatic carbocycles. The minimum atomic E-state index is 0.752. The molecule has 0 heterocycles. The van der Waals surface area contributed by atoms with Crippen LogP contribution in [0.2, 0.25) is 5.02 Å². The third-order valence-electron chi connectivity index (χ3n) is 2.93. The van der Waals surface area contributed by atoms with Gasteiger partial charge >= 0.3 is 0 Å². The summed E-state index contributed by atoms with van der Waals surface area (Å²) in [4.78, 5) is 0. The van der Waals surface area contributed by atoms with E-state index in [2.05, 4.69) is 10.6 Å². The van der Waals surface area contributed by atoms with Crippen molar-refractivity contribution in [3.05, 3.63) is 53.6 Å². The lowest BCUT2D eigenvalue weighted by Crippen LogP contribution is -2.09. The van der Waals surface area contributed by atoms with Crippen molar-refractivity contribution in [3.8, 4) is 5.75 Å². The number of hydrogen-bond acceptors (Lipinski definition) is 3. The number of anilines is 2. The Balaban J connectivity index is 1.71. The van der Waals surface area contributed by atoms with Gasteiger partial charge in [-0.15, -0.1) is 0 Å². The fraction of sp³-hybridized carbons (Fsp3) is 0.250. The molecule has 4 heteroatoms. The molecule has 0 aliphatic rings. The van der Waals surface area contributed by atoms with E-state index in [4.69, 9.17) is 16.3 Å². The molecule has 0 aliphatic carbocycles. The van der Waals surface area contributed by atoms with Crippen molar-refractivity contribution in [3.63, 3.8) is 0 Å². The summed E-state index contributed by atoms with van der Waals surface area (Å²) in [6, 6.07) is 15.7. The lowest BCUT2D eigenvalue weighted by atomic mass is 10.2. The van der Waals surface area contributed by atoms with Crippen molar-refractivity contribution in [2.45, 2.75) is 6.42 Å². The number of halogens is 1. The molecule has 106 valence electrons. The molecule has 2 rings (SSSR count). The first-order valence-corrected chi connectivity index (χ1v) is 7.04. The highest BCUT2D eigenvalue weighted by Crippen LogP contribution is 2.22. The summed E-state index contributed by atoms with van der Waals surface area (Å²) in [6.45, 7) is 1.77. The van der Waals surface area contributed by atoms with Gasteiger partial charge in [0.2, 0.25) is 0 Å². The van der Waals surface area contributed by atoms with Gasteiger partial charge in [-0.2, -0.15) is 0 Å². The third-order valence-corrected chi connectivity index (χ3v) is 3.16. The molecule has 0 unspecified atom stereocenters. The molecular formula is C16H19ClN2O. The molecule has 0 saturated heterocycles. The number of methoxy groups -OCH3 is 1. The van der Waals surface area contributed by atoms with Gasteiger partial charge in [0.15, 0.2) is 0 Å². The van der Waals surface area contributed by atoms with E-state index >= 15 is 0 Å². The van der Waals surface area contributed by atoms with Gasteiger partial charge in [0.25, 0.3) is 0 Å². The van der Waals surface area contributed by atoms with Crippen LogP contribution < -0.4 is 15.4 Å². The highest BCUT2D eigenvalue weighted by molar-refractivity contribution is 6.30. The van der Waals surface area contributed by atoms with Crippen molar-refractivity contribution >= 4 is 23.0 Å². The number of benzene rings is 2. The van der Waals surface area contributed by atoms with E-state index in [0.29, 0.717) is 0 Å². The number of hydrogen-bond donors (Lipinski definition) is 2. The molecule has 0 bridgehead atoms. The largest absolute Gasteiger partial charge is 0.495 e. The summed E-state index contributed by atoms with van der Waals surface area (Å²) in [5.41, 5.74) is 2.08. The van der Waals surface area contributed by atoms with Crippen LogP contribution in [-0.4, -0.2) is 20.2 Å². The average molecular weight is 291 g/mol. The molecule has 0 aromatic heterocycles. The van der Waals surface area contributed by atoms with Crippen LogP contribution in [0.15, 0.2) is 48.5 Å². The highest BCUT2D eigenvalue weighted by atomic mass is 35.5. The molecule has 0 amide bonds. The third kappa shape index (κ3) is 4.35. The smallest absolute Gasteiger partial charge is 0.141 e. The van der Waals surface area contributed by atoms with E-state index in [1.165, 1.54) is 0 Å². The Morgan fingerprint density at radius 3 is 2.60 bits per heavy atom. The molecule has 0 fully saturated rings. The Morgan fingerprint density at radius 1 is 1.00 bits per heavy atom. The van der Waals surface area contributed by atoms with Crippen LogP contribution in [0.25, 0.3) is 0 Å². The number of rotatable bonds is 7. The molecule has 20 heavy (non-hydrogen) atoms. The molecule has 2 N–H and O–H groups in total. The van der Waals surface area contributed by atoms with Crippen molar-refractivity contribution in [1.29, 1.82) is 0 Å². The Kier molecular flexibility index (Phi) is 5.56. The van der Waals surface area contributed by atoms with Crippen LogP contribution in [0.3, 0.4) is 0 Å². The lowest BCUT2D eigenvalue weighted by molar-refractivity contribution is 0.416. The minimum absolute atomic E-state index is 0.752. The van der Waals surface area contributed by atoms with Gasteiger partial charge in [-0.3, -0.25) is 0 Å². The van der Waals surface area contributed by atoms with Gasteiger partial charge in [0, 0.05) is 23.8 Å². The van der Waals surface area contributed by atoms with Gasteiger partial charge < -0.3 is 15.4 Å². The van der Waals surface area contributed by atoms with Gasteiger partial charge in [0.1, 0.15) is 5.75 Å². The predicted molar refractivity (Wildman–Crippen MR) is 86.0 cm³/mol. The standard InChI is InChI=1S/C16H19ClN2O/c1-20-16-9-3-2-8-15(16)19-11-5-10-18-14-7-4-6-13(17)12-14/h2-4,6-9,12,18-19H,5,10-11H2,1H3. The van der Waals surface area contributed by atoms with Crippen LogP contribution in [0.4, 0.5) is 11.4 Å². The molecule has 2 aromatic rings. The minimum Gasteiger partial charge on any atom is -0.495 e. The molecule has 0 aliphatic heterocycles. The molecule has 0 atom stereocenters. The predicted octanol–water partition coefficient (Wildman–Crippen LogP) is 4.26. The van der Waals surface area contributed by atoms with E-state index in [1.807, 2.05) is 48.5 Å². The molecule has 3 nitrogen and oxygen atoms in total. The van der Waals surface area contributed by atoms with E-state index in [1.54, 1.807) is 7.11 Å². The van der Waals surface area contributed by atoms with E-state index in [0.717, 1.165) is 41.7 Å². The summed E-state index contributed by atoms with van der Waals surface area (Å²) < 4.78 is 5.29. The fourth-order valence-electron chi connectivity index (χ4n) is 1.93. The second-order valence-electron chi connectivity index (χ2n) is 4.42. The molecule has 0 radical (unpaired) electrons. The highest BCUT2D eigenvalue weighted by Gasteiger charge is 1.99. The maximum Gasteiger partial charge on any atom is 0.141 e. The first-order valence-electron chi connectivity index (χ1n) is 6.66. The average Bonchev–Trinajstić information content (AvgIpc) is 2.47. The Bertz CT molecular complexity index is 546. The zero-order chi connectivity index (χ0) is 14.2. The van der Waals surface area contributed by atoms with Crippen LogP contribution in [0, 0.1) is 0 Å². The van der Waals surface area contributed by atoms with Crippen molar-refractivity contribution in [2.24, 2.45) is 0 Å². The summed E-state index contributed by atoms with van der Waals surface area (Å²) in [7, 11) is 1.68. The number of nitrogens with one attached hydrogen (secondary N) is 2. The Morgan fingerprint density at radius 2 is 1.80 bits per heavy atom. The zero-order valence-electron chi connectivity index (χ0n) is 11.5. The van der Waals surface area contributed by atoms with Crippen LogP contribution in [0.5, 0.6) is 5.75 Å². The fourth-order valence-corrected chi connectivity index (χ4v) is 2.12. The monoisotopic (exact) mass is 290 g/mol. The van der Waals surface area contributed by atoms with Gasteiger partial charge in [-0.25, -0.2) is 0 Å². The van der Waals surface area contributed by atoms with Gasteiger partial charge in [0.05, 0.1) is 12.8 Å². The Hall–Kier alpha value is -1.87. The molecule has 0 spiro atoms. The summed E-state index contributed by atoms with van der Waals surface area (Å²) in [5.74, 6) is 0.871. The Labute approximate surface area is 124 Å².